The number of carbonyl (C=O) groups excluding carboxylic acids is 1. The molecule has 1 amide bonds. The van der Waals surface area contributed by atoms with E-state index in [1.165, 1.54) is 25.3 Å². The number of hydrogen-bond acceptors (Lipinski definition) is 5. The number of nitro benzene ring substituents is 1. The van der Waals surface area contributed by atoms with Crippen molar-refractivity contribution >= 4 is 11.6 Å². The lowest BCUT2D eigenvalue weighted by atomic mass is 10.1. The van der Waals surface area contributed by atoms with Crippen LogP contribution >= 0.6 is 0 Å². The van der Waals surface area contributed by atoms with Crippen LogP contribution in [-0.4, -0.2) is 24.0 Å². The van der Waals surface area contributed by atoms with Gasteiger partial charge >= 0.3 is 5.69 Å². The first-order valence-corrected chi connectivity index (χ1v) is 5.50. The Morgan fingerprint density at radius 2 is 2.32 bits per heavy atom. The van der Waals surface area contributed by atoms with Crippen molar-refractivity contribution in [2.75, 3.05) is 7.11 Å². The highest BCUT2D eigenvalue weighted by Crippen LogP contribution is 2.30. The number of para-hydroxylation sites is 1. The van der Waals surface area contributed by atoms with Crippen molar-refractivity contribution in [3.05, 3.63) is 33.9 Å². The van der Waals surface area contributed by atoms with E-state index >= 15 is 0 Å². The molecule has 7 heteroatoms. The summed E-state index contributed by atoms with van der Waals surface area (Å²) in [6, 6.07) is 5.68. The molecule has 0 heterocycles. The summed E-state index contributed by atoms with van der Waals surface area (Å²) in [6.07, 6.45) is 0.156. The molecule has 0 saturated carbocycles. The van der Waals surface area contributed by atoms with Gasteiger partial charge < -0.3 is 10.1 Å². The number of carbonyl (C=O) groups is 1. The van der Waals surface area contributed by atoms with Gasteiger partial charge in [-0.05, 0) is 13.0 Å². The number of nitrogens with zero attached hydrogens (tertiary/aromatic N) is 2. The summed E-state index contributed by atoms with van der Waals surface area (Å²) < 4.78 is 4.93. The second-order valence-corrected chi connectivity index (χ2v) is 3.85. The fourth-order valence-corrected chi connectivity index (χ4v) is 1.55. The second-order valence-electron chi connectivity index (χ2n) is 3.85. The standard InChI is InChI=1S/C12H13N3O4/c1-8(6-7-13)14-12(16)9-4-3-5-10(15(17)18)11(9)19-2/h3-5,8H,6H2,1-2H3,(H,14,16). The third kappa shape index (κ3) is 3.42. The maximum Gasteiger partial charge on any atom is 0.311 e. The van der Waals surface area contributed by atoms with Gasteiger partial charge in [0.15, 0.2) is 0 Å². The number of rotatable bonds is 5. The van der Waals surface area contributed by atoms with Gasteiger partial charge in [-0.15, -0.1) is 0 Å². The molecular weight excluding hydrogens is 250 g/mol. The number of benzene rings is 1. The lowest BCUT2D eigenvalue weighted by Crippen LogP contribution is -2.32. The molecule has 7 nitrogen and oxygen atoms in total. The lowest BCUT2D eigenvalue weighted by Gasteiger charge is -2.12. The molecule has 1 rings (SSSR count). The van der Waals surface area contributed by atoms with E-state index < -0.39 is 10.8 Å². The van der Waals surface area contributed by atoms with E-state index in [0.29, 0.717) is 0 Å². The summed E-state index contributed by atoms with van der Waals surface area (Å²) in [5, 5.41) is 21.9. The first-order valence-electron chi connectivity index (χ1n) is 5.50. The SMILES string of the molecule is COc1c(C(=O)NC(C)CC#N)cccc1[N+](=O)[O-]. The molecule has 0 aliphatic heterocycles. The summed E-state index contributed by atoms with van der Waals surface area (Å²) in [6.45, 7) is 1.67. The average molecular weight is 263 g/mol. The number of nitrogens with one attached hydrogen (secondary N) is 1. The van der Waals surface area contributed by atoms with Gasteiger partial charge in [-0.25, -0.2) is 0 Å². The summed E-state index contributed by atoms with van der Waals surface area (Å²) >= 11 is 0. The van der Waals surface area contributed by atoms with E-state index in [0.717, 1.165) is 0 Å². The Morgan fingerprint density at radius 1 is 1.63 bits per heavy atom. The molecule has 0 saturated heterocycles. The molecule has 0 bridgehead atoms. The molecule has 0 fully saturated rings. The number of nitriles is 1. The Bertz CT molecular complexity index is 536. The van der Waals surface area contributed by atoms with Crippen LogP contribution in [0, 0.1) is 21.4 Å². The fraction of sp³-hybridized carbons (Fsp3) is 0.333. The van der Waals surface area contributed by atoms with Gasteiger partial charge in [0.05, 0.1) is 30.1 Å². The zero-order valence-electron chi connectivity index (χ0n) is 10.5. The van der Waals surface area contributed by atoms with Crippen molar-refractivity contribution in [3.8, 4) is 11.8 Å². The van der Waals surface area contributed by atoms with Crippen LogP contribution in [0.2, 0.25) is 0 Å². The quantitative estimate of drug-likeness (QED) is 0.642. The van der Waals surface area contributed by atoms with E-state index in [1.54, 1.807) is 6.92 Å². The minimum atomic E-state index is -0.617. The molecule has 1 unspecified atom stereocenters. The van der Waals surface area contributed by atoms with Crippen molar-refractivity contribution in [3.63, 3.8) is 0 Å². The highest BCUT2D eigenvalue weighted by molar-refractivity contribution is 5.98. The maximum absolute atomic E-state index is 12.0. The molecular formula is C12H13N3O4. The first kappa shape index (κ1) is 14.4. The van der Waals surface area contributed by atoms with Gasteiger partial charge in [0.25, 0.3) is 5.91 Å². The molecule has 100 valence electrons. The van der Waals surface area contributed by atoms with Crippen LogP contribution in [0.25, 0.3) is 0 Å². The molecule has 0 aliphatic carbocycles. The van der Waals surface area contributed by atoms with Gasteiger partial charge in [-0.1, -0.05) is 6.07 Å². The molecule has 1 aromatic carbocycles. The minimum absolute atomic E-state index is 0.0708. The zero-order valence-corrected chi connectivity index (χ0v) is 10.5. The van der Waals surface area contributed by atoms with E-state index in [2.05, 4.69) is 5.32 Å². The monoisotopic (exact) mass is 263 g/mol. The Hall–Kier alpha value is -2.62. The van der Waals surface area contributed by atoms with Gasteiger partial charge in [0.2, 0.25) is 5.75 Å². The maximum atomic E-state index is 12.0. The molecule has 0 aromatic heterocycles. The number of nitro groups is 1. The van der Waals surface area contributed by atoms with Crippen molar-refractivity contribution in [1.82, 2.24) is 5.32 Å². The van der Waals surface area contributed by atoms with Crippen LogP contribution in [-0.2, 0) is 0 Å². The van der Waals surface area contributed by atoms with E-state index in [4.69, 9.17) is 10.00 Å². The smallest absolute Gasteiger partial charge is 0.311 e. The van der Waals surface area contributed by atoms with Crippen molar-refractivity contribution < 1.29 is 14.5 Å². The summed E-state index contributed by atoms with van der Waals surface area (Å²) in [5.41, 5.74) is -0.204. The zero-order chi connectivity index (χ0) is 14.4. The Balaban J connectivity index is 3.07. The van der Waals surface area contributed by atoms with Crippen LogP contribution in [0.15, 0.2) is 18.2 Å². The molecule has 1 atom stereocenters. The predicted molar refractivity (Wildman–Crippen MR) is 66.8 cm³/mol. The summed E-state index contributed by atoms with van der Waals surface area (Å²) in [4.78, 5) is 22.2. The molecule has 0 radical (unpaired) electrons. The fourth-order valence-electron chi connectivity index (χ4n) is 1.55. The molecule has 0 spiro atoms. The topological polar surface area (TPSA) is 105 Å². The van der Waals surface area contributed by atoms with Gasteiger partial charge in [0.1, 0.15) is 0 Å². The summed E-state index contributed by atoms with van der Waals surface area (Å²) in [7, 11) is 1.26. The first-order chi connectivity index (χ1) is 9.01. The van der Waals surface area contributed by atoms with Crippen molar-refractivity contribution in [1.29, 1.82) is 5.26 Å². The number of hydrogen-bond donors (Lipinski definition) is 1. The van der Waals surface area contributed by atoms with Gasteiger partial charge in [-0.3, -0.25) is 14.9 Å². The number of amides is 1. The van der Waals surface area contributed by atoms with Crippen LogP contribution in [0.1, 0.15) is 23.7 Å². The normalized spacial score (nSPS) is 11.2. The minimum Gasteiger partial charge on any atom is -0.490 e. The number of methoxy groups -OCH3 is 1. The van der Waals surface area contributed by atoms with E-state index in [1.807, 2.05) is 6.07 Å². The Kier molecular flexibility index (Phi) is 4.83. The molecule has 19 heavy (non-hydrogen) atoms. The lowest BCUT2D eigenvalue weighted by molar-refractivity contribution is -0.385. The van der Waals surface area contributed by atoms with Crippen molar-refractivity contribution in [2.45, 2.75) is 19.4 Å². The van der Waals surface area contributed by atoms with Crippen LogP contribution < -0.4 is 10.1 Å². The molecule has 0 aliphatic rings. The van der Waals surface area contributed by atoms with Crippen LogP contribution in [0.4, 0.5) is 5.69 Å². The van der Waals surface area contributed by atoms with Gasteiger partial charge in [0, 0.05) is 12.1 Å². The van der Waals surface area contributed by atoms with Gasteiger partial charge in [-0.2, -0.15) is 5.26 Å². The highest BCUT2D eigenvalue weighted by atomic mass is 16.6. The van der Waals surface area contributed by atoms with Crippen LogP contribution in [0.3, 0.4) is 0 Å². The highest BCUT2D eigenvalue weighted by Gasteiger charge is 2.23. The van der Waals surface area contributed by atoms with Crippen LogP contribution in [0.5, 0.6) is 5.75 Å². The van der Waals surface area contributed by atoms with E-state index in [-0.39, 0.29) is 29.5 Å². The number of ether oxygens (including phenoxy) is 1. The average Bonchev–Trinajstić information content (AvgIpc) is 2.37. The second kappa shape index (κ2) is 6.35. The predicted octanol–water partition coefficient (Wildman–Crippen LogP) is 1.64. The Labute approximate surface area is 109 Å². The Morgan fingerprint density at radius 3 is 2.84 bits per heavy atom. The largest absolute Gasteiger partial charge is 0.490 e. The molecule has 1 aromatic rings. The summed E-state index contributed by atoms with van der Waals surface area (Å²) in [5.74, 6) is -0.600. The van der Waals surface area contributed by atoms with Crippen molar-refractivity contribution in [2.24, 2.45) is 0 Å². The molecule has 1 N–H and O–H groups in total. The third-order valence-electron chi connectivity index (χ3n) is 2.41. The van der Waals surface area contributed by atoms with E-state index in [9.17, 15) is 14.9 Å². The third-order valence-corrected chi connectivity index (χ3v) is 2.41.